The summed E-state index contributed by atoms with van der Waals surface area (Å²) in [6.45, 7) is 10.9. The molecule has 1 atom stereocenters. The van der Waals surface area contributed by atoms with Gasteiger partial charge in [-0.2, -0.15) is 0 Å². The molecule has 1 saturated heterocycles. The average Bonchev–Trinajstić information content (AvgIpc) is 2.86. The molecule has 0 aliphatic carbocycles. The maximum Gasteiger partial charge on any atom is 0.0948 e. The molecule has 5 nitrogen and oxygen atoms in total. The van der Waals surface area contributed by atoms with Crippen molar-refractivity contribution in [2.45, 2.75) is 26.3 Å². The van der Waals surface area contributed by atoms with Crippen LogP contribution in [0.4, 0.5) is 0 Å². The summed E-state index contributed by atoms with van der Waals surface area (Å²) in [6, 6.07) is 0. The number of ether oxygens (including phenoxy) is 1. The van der Waals surface area contributed by atoms with Gasteiger partial charge in [0.1, 0.15) is 0 Å². The minimum atomic E-state index is 0.396. The minimum Gasteiger partial charge on any atom is -0.379 e. The first-order valence-electron chi connectivity index (χ1n) is 7.22. The summed E-state index contributed by atoms with van der Waals surface area (Å²) >= 11 is 0. The lowest BCUT2D eigenvalue weighted by molar-refractivity contribution is 0.0362. The van der Waals surface area contributed by atoms with E-state index in [1.165, 1.54) is 5.69 Å². The quantitative estimate of drug-likeness (QED) is 0.831. The van der Waals surface area contributed by atoms with Crippen LogP contribution >= 0.6 is 0 Å². The lowest BCUT2D eigenvalue weighted by Crippen LogP contribution is -2.38. The van der Waals surface area contributed by atoms with E-state index in [-0.39, 0.29) is 0 Å². The van der Waals surface area contributed by atoms with E-state index in [1.54, 1.807) is 0 Å². The number of imidazole rings is 1. The Balaban J connectivity index is 1.94. The van der Waals surface area contributed by atoms with Crippen molar-refractivity contribution in [1.29, 1.82) is 0 Å². The average molecular weight is 266 g/mol. The van der Waals surface area contributed by atoms with Crippen LogP contribution in [0.25, 0.3) is 0 Å². The van der Waals surface area contributed by atoms with Crippen molar-refractivity contribution in [3.63, 3.8) is 0 Å². The van der Waals surface area contributed by atoms with Crippen molar-refractivity contribution in [1.82, 2.24) is 14.5 Å². The zero-order valence-electron chi connectivity index (χ0n) is 12.1. The first-order chi connectivity index (χ1) is 9.22. The highest BCUT2D eigenvalue weighted by molar-refractivity contribution is 5.08. The van der Waals surface area contributed by atoms with Gasteiger partial charge in [-0.05, 0) is 5.92 Å². The fraction of sp³-hybridized carbons (Fsp3) is 0.786. The molecule has 1 unspecified atom stereocenters. The molecular formula is C14H26N4O. The van der Waals surface area contributed by atoms with Gasteiger partial charge in [0.2, 0.25) is 0 Å². The molecule has 1 aliphatic heterocycles. The van der Waals surface area contributed by atoms with Gasteiger partial charge in [0.15, 0.2) is 0 Å². The number of nitrogens with two attached hydrogens (primary N) is 1. The lowest BCUT2D eigenvalue weighted by Gasteiger charge is -2.27. The van der Waals surface area contributed by atoms with Crippen LogP contribution in [0.15, 0.2) is 12.5 Å². The molecule has 1 aromatic rings. The van der Waals surface area contributed by atoms with E-state index in [0.717, 1.165) is 39.4 Å². The van der Waals surface area contributed by atoms with Crippen LogP contribution < -0.4 is 5.73 Å². The van der Waals surface area contributed by atoms with Crippen LogP contribution in [0.1, 0.15) is 25.5 Å². The van der Waals surface area contributed by atoms with Crippen molar-refractivity contribution in [3.8, 4) is 0 Å². The Hall–Kier alpha value is -0.910. The highest BCUT2D eigenvalue weighted by Gasteiger charge is 2.18. The highest BCUT2D eigenvalue weighted by atomic mass is 16.5. The molecule has 1 aliphatic rings. The summed E-state index contributed by atoms with van der Waals surface area (Å²) in [7, 11) is 0. The van der Waals surface area contributed by atoms with Crippen molar-refractivity contribution in [2.75, 3.05) is 39.4 Å². The molecule has 0 radical (unpaired) electrons. The van der Waals surface area contributed by atoms with Gasteiger partial charge in [0, 0.05) is 50.5 Å². The standard InChI is InChI=1S/C14H26N4O/c1-12(2)13(9-15)14-10-16-11-18(14)4-3-17-5-7-19-8-6-17/h10-13H,3-9,15H2,1-2H3. The van der Waals surface area contributed by atoms with Gasteiger partial charge in [-0.25, -0.2) is 4.98 Å². The second-order valence-electron chi connectivity index (χ2n) is 5.55. The zero-order chi connectivity index (χ0) is 13.7. The van der Waals surface area contributed by atoms with Gasteiger partial charge in [-0.15, -0.1) is 0 Å². The normalized spacial score (nSPS) is 18.9. The summed E-state index contributed by atoms with van der Waals surface area (Å²) in [6.07, 6.45) is 3.90. The zero-order valence-corrected chi connectivity index (χ0v) is 12.1. The molecule has 2 rings (SSSR count). The van der Waals surface area contributed by atoms with Crippen LogP contribution in [0.3, 0.4) is 0 Å². The summed E-state index contributed by atoms with van der Waals surface area (Å²) in [4.78, 5) is 6.75. The SMILES string of the molecule is CC(C)C(CN)c1cncn1CCN1CCOCC1. The second kappa shape index (κ2) is 7.03. The van der Waals surface area contributed by atoms with Crippen molar-refractivity contribution in [3.05, 3.63) is 18.2 Å². The van der Waals surface area contributed by atoms with Crippen LogP contribution in [0.5, 0.6) is 0 Å². The molecular weight excluding hydrogens is 240 g/mol. The molecule has 0 saturated carbocycles. The van der Waals surface area contributed by atoms with E-state index in [9.17, 15) is 0 Å². The van der Waals surface area contributed by atoms with Crippen molar-refractivity contribution in [2.24, 2.45) is 11.7 Å². The predicted octanol–water partition coefficient (Wildman–Crippen LogP) is 0.914. The molecule has 0 bridgehead atoms. The molecule has 0 aromatic carbocycles. The Morgan fingerprint density at radius 2 is 2.05 bits per heavy atom. The Morgan fingerprint density at radius 1 is 1.32 bits per heavy atom. The maximum absolute atomic E-state index is 5.90. The van der Waals surface area contributed by atoms with Crippen LogP contribution in [-0.2, 0) is 11.3 Å². The molecule has 19 heavy (non-hydrogen) atoms. The Morgan fingerprint density at radius 3 is 2.68 bits per heavy atom. The van der Waals surface area contributed by atoms with Crippen LogP contribution in [0, 0.1) is 5.92 Å². The predicted molar refractivity (Wildman–Crippen MR) is 76.1 cm³/mol. The van der Waals surface area contributed by atoms with E-state index >= 15 is 0 Å². The molecule has 1 fully saturated rings. The lowest BCUT2D eigenvalue weighted by atomic mass is 9.93. The van der Waals surface area contributed by atoms with E-state index in [2.05, 4.69) is 28.3 Å². The summed E-state index contributed by atoms with van der Waals surface area (Å²) in [5.74, 6) is 0.941. The largest absolute Gasteiger partial charge is 0.379 e. The Labute approximate surface area is 115 Å². The van der Waals surface area contributed by atoms with Gasteiger partial charge in [-0.3, -0.25) is 4.90 Å². The minimum absolute atomic E-state index is 0.396. The Bertz CT molecular complexity index is 371. The van der Waals surface area contributed by atoms with Gasteiger partial charge >= 0.3 is 0 Å². The maximum atomic E-state index is 5.90. The number of hydrogen-bond donors (Lipinski definition) is 1. The number of morpholine rings is 1. The fourth-order valence-corrected chi connectivity index (χ4v) is 2.63. The van der Waals surface area contributed by atoms with E-state index < -0.39 is 0 Å². The van der Waals surface area contributed by atoms with Gasteiger partial charge < -0.3 is 15.0 Å². The van der Waals surface area contributed by atoms with Gasteiger partial charge in [0.05, 0.1) is 19.5 Å². The Kier molecular flexibility index (Phi) is 5.36. The number of hydrogen-bond acceptors (Lipinski definition) is 4. The molecule has 2 N–H and O–H groups in total. The molecule has 5 heteroatoms. The summed E-state index contributed by atoms with van der Waals surface area (Å²) in [5.41, 5.74) is 7.17. The number of rotatable bonds is 6. The van der Waals surface area contributed by atoms with Crippen LogP contribution in [0.2, 0.25) is 0 Å². The monoisotopic (exact) mass is 266 g/mol. The fourth-order valence-electron chi connectivity index (χ4n) is 2.63. The first kappa shape index (κ1) is 14.5. The van der Waals surface area contributed by atoms with Gasteiger partial charge in [0.25, 0.3) is 0 Å². The smallest absolute Gasteiger partial charge is 0.0948 e. The first-order valence-corrected chi connectivity index (χ1v) is 7.22. The molecule has 1 aromatic heterocycles. The van der Waals surface area contributed by atoms with E-state index in [0.29, 0.717) is 18.4 Å². The molecule has 108 valence electrons. The van der Waals surface area contributed by atoms with E-state index in [1.807, 2.05) is 12.5 Å². The third-order valence-corrected chi connectivity index (χ3v) is 3.94. The van der Waals surface area contributed by atoms with Gasteiger partial charge in [-0.1, -0.05) is 13.8 Å². The third kappa shape index (κ3) is 3.78. The summed E-state index contributed by atoms with van der Waals surface area (Å²) < 4.78 is 7.63. The highest BCUT2D eigenvalue weighted by Crippen LogP contribution is 2.22. The molecule has 0 amide bonds. The third-order valence-electron chi connectivity index (χ3n) is 3.94. The second-order valence-corrected chi connectivity index (χ2v) is 5.55. The number of nitrogens with zero attached hydrogens (tertiary/aromatic N) is 3. The van der Waals surface area contributed by atoms with Crippen LogP contribution in [-0.4, -0.2) is 53.8 Å². The van der Waals surface area contributed by atoms with Crippen molar-refractivity contribution >= 4 is 0 Å². The van der Waals surface area contributed by atoms with E-state index in [4.69, 9.17) is 10.5 Å². The topological polar surface area (TPSA) is 56.3 Å². The molecule has 2 heterocycles. The molecule has 0 spiro atoms. The van der Waals surface area contributed by atoms with Crippen molar-refractivity contribution < 1.29 is 4.74 Å². The number of aromatic nitrogens is 2. The summed E-state index contributed by atoms with van der Waals surface area (Å²) in [5, 5.41) is 0.